The van der Waals surface area contributed by atoms with Gasteiger partial charge in [0.25, 0.3) is 0 Å². The van der Waals surface area contributed by atoms with Crippen LogP contribution in [-0.2, 0) is 9.53 Å². The lowest BCUT2D eigenvalue weighted by Gasteiger charge is -2.31. The number of ketones is 1. The SMILES string of the molecule is COc1ccc(C2=CC(=O)C(C(C)C)N2C(=O)OC(C)(C)C)cc1. The van der Waals surface area contributed by atoms with Gasteiger partial charge in [0, 0.05) is 6.08 Å². The summed E-state index contributed by atoms with van der Waals surface area (Å²) < 4.78 is 10.7. The van der Waals surface area contributed by atoms with Gasteiger partial charge in [-0.1, -0.05) is 13.8 Å². The summed E-state index contributed by atoms with van der Waals surface area (Å²) in [4.78, 5) is 26.6. The summed E-state index contributed by atoms with van der Waals surface area (Å²) in [5.41, 5.74) is 0.712. The van der Waals surface area contributed by atoms with Crippen LogP contribution in [-0.4, -0.2) is 35.5 Å². The number of nitrogens with zero attached hydrogens (tertiary/aromatic N) is 1. The van der Waals surface area contributed by atoms with Gasteiger partial charge in [-0.25, -0.2) is 4.79 Å². The minimum Gasteiger partial charge on any atom is -0.497 e. The molecule has 0 N–H and O–H groups in total. The summed E-state index contributed by atoms with van der Waals surface area (Å²) >= 11 is 0. The van der Waals surface area contributed by atoms with E-state index in [1.165, 1.54) is 11.0 Å². The average Bonchev–Trinajstić information content (AvgIpc) is 2.83. The highest BCUT2D eigenvalue weighted by Crippen LogP contribution is 2.33. The van der Waals surface area contributed by atoms with Gasteiger partial charge in [0.05, 0.1) is 12.8 Å². The Morgan fingerprint density at radius 2 is 1.75 bits per heavy atom. The first kappa shape index (κ1) is 18.0. The molecule has 5 heteroatoms. The van der Waals surface area contributed by atoms with Gasteiger partial charge >= 0.3 is 6.09 Å². The second-order valence-corrected chi connectivity index (χ2v) is 7.20. The molecule has 130 valence electrons. The summed E-state index contributed by atoms with van der Waals surface area (Å²) in [5, 5.41) is 0. The number of amides is 1. The lowest BCUT2D eigenvalue weighted by atomic mass is 10.0. The molecule has 0 fully saturated rings. The average molecular weight is 331 g/mol. The third kappa shape index (κ3) is 3.78. The fourth-order valence-corrected chi connectivity index (χ4v) is 2.70. The molecule has 0 aliphatic carbocycles. The minimum atomic E-state index is -0.630. The van der Waals surface area contributed by atoms with Crippen molar-refractivity contribution in [3.63, 3.8) is 0 Å². The van der Waals surface area contributed by atoms with Gasteiger partial charge in [0.1, 0.15) is 17.4 Å². The molecule has 2 rings (SSSR count). The molecule has 1 aromatic carbocycles. The molecule has 1 amide bonds. The Morgan fingerprint density at radius 3 is 2.21 bits per heavy atom. The Balaban J connectivity index is 2.41. The number of rotatable bonds is 3. The number of carbonyl (C=O) groups is 2. The molecule has 1 aromatic rings. The maximum atomic E-state index is 12.7. The van der Waals surface area contributed by atoms with Crippen LogP contribution in [0.5, 0.6) is 5.75 Å². The van der Waals surface area contributed by atoms with E-state index in [0.29, 0.717) is 11.4 Å². The van der Waals surface area contributed by atoms with Crippen LogP contribution in [0.3, 0.4) is 0 Å². The fraction of sp³-hybridized carbons (Fsp3) is 0.474. The molecule has 0 bridgehead atoms. The summed E-state index contributed by atoms with van der Waals surface area (Å²) in [5.74, 6) is 0.617. The summed E-state index contributed by atoms with van der Waals surface area (Å²) in [7, 11) is 1.59. The van der Waals surface area contributed by atoms with Crippen molar-refractivity contribution in [1.29, 1.82) is 0 Å². The zero-order valence-electron chi connectivity index (χ0n) is 15.1. The third-order valence-corrected chi connectivity index (χ3v) is 3.72. The molecule has 1 atom stereocenters. The van der Waals surface area contributed by atoms with E-state index in [4.69, 9.17) is 9.47 Å². The van der Waals surface area contributed by atoms with E-state index in [2.05, 4.69) is 0 Å². The quantitative estimate of drug-likeness (QED) is 0.843. The number of carbonyl (C=O) groups excluding carboxylic acids is 2. The summed E-state index contributed by atoms with van der Waals surface area (Å²) in [6, 6.07) is 6.72. The van der Waals surface area contributed by atoms with Crippen molar-refractivity contribution in [2.45, 2.75) is 46.3 Å². The van der Waals surface area contributed by atoms with Gasteiger partial charge in [-0.3, -0.25) is 9.69 Å². The molecule has 1 aliphatic heterocycles. The standard InChI is InChI=1S/C19H25NO4/c1-12(2)17-16(21)11-15(13-7-9-14(23-6)10-8-13)20(17)18(22)24-19(3,4)5/h7-12,17H,1-6H3. The van der Waals surface area contributed by atoms with Crippen LogP contribution in [0.25, 0.3) is 5.70 Å². The molecule has 0 saturated heterocycles. The highest BCUT2D eigenvalue weighted by atomic mass is 16.6. The van der Waals surface area contributed by atoms with E-state index >= 15 is 0 Å². The molecule has 24 heavy (non-hydrogen) atoms. The van der Waals surface area contributed by atoms with Crippen LogP contribution >= 0.6 is 0 Å². The predicted octanol–water partition coefficient (Wildman–Crippen LogP) is 3.88. The zero-order valence-corrected chi connectivity index (χ0v) is 15.1. The molecule has 1 heterocycles. The maximum Gasteiger partial charge on any atom is 0.415 e. The van der Waals surface area contributed by atoms with E-state index in [1.54, 1.807) is 19.2 Å². The number of hydrogen-bond acceptors (Lipinski definition) is 4. The highest BCUT2D eigenvalue weighted by molar-refractivity contribution is 6.09. The Kier molecular flexibility index (Phi) is 5.02. The lowest BCUT2D eigenvalue weighted by Crippen LogP contribution is -2.44. The van der Waals surface area contributed by atoms with E-state index < -0.39 is 17.7 Å². The van der Waals surface area contributed by atoms with Crippen LogP contribution < -0.4 is 4.74 Å². The van der Waals surface area contributed by atoms with Crippen molar-refractivity contribution in [3.8, 4) is 5.75 Å². The van der Waals surface area contributed by atoms with Crippen molar-refractivity contribution in [2.24, 2.45) is 5.92 Å². The van der Waals surface area contributed by atoms with Gasteiger partial charge in [0.15, 0.2) is 5.78 Å². The first-order valence-corrected chi connectivity index (χ1v) is 8.06. The molecule has 0 radical (unpaired) electrons. The van der Waals surface area contributed by atoms with Crippen LogP contribution in [0.4, 0.5) is 4.79 Å². The number of benzene rings is 1. The molecule has 0 aromatic heterocycles. The largest absolute Gasteiger partial charge is 0.497 e. The number of methoxy groups -OCH3 is 1. The van der Waals surface area contributed by atoms with Crippen molar-refractivity contribution in [1.82, 2.24) is 4.90 Å². The molecule has 1 aliphatic rings. The second-order valence-electron chi connectivity index (χ2n) is 7.20. The van der Waals surface area contributed by atoms with Gasteiger partial charge in [-0.15, -0.1) is 0 Å². The highest BCUT2D eigenvalue weighted by Gasteiger charge is 2.41. The van der Waals surface area contributed by atoms with Crippen molar-refractivity contribution >= 4 is 17.6 Å². The first-order chi connectivity index (χ1) is 11.1. The first-order valence-electron chi connectivity index (χ1n) is 8.06. The maximum absolute atomic E-state index is 12.7. The fourth-order valence-electron chi connectivity index (χ4n) is 2.70. The summed E-state index contributed by atoms with van der Waals surface area (Å²) in [6.07, 6.45) is 1.02. The van der Waals surface area contributed by atoms with E-state index in [1.807, 2.05) is 46.8 Å². The smallest absolute Gasteiger partial charge is 0.415 e. The summed E-state index contributed by atoms with van der Waals surface area (Å²) in [6.45, 7) is 9.27. The molecule has 5 nitrogen and oxygen atoms in total. The van der Waals surface area contributed by atoms with Gasteiger partial charge in [-0.05, 0) is 56.5 Å². The zero-order chi connectivity index (χ0) is 18.1. The van der Waals surface area contributed by atoms with Crippen molar-refractivity contribution < 1.29 is 19.1 Å². The van der Waals surface area contributed by atoms with Crippen LogP contribution in [0.1, 0.15) is 40.2 Å². The van der Waals surface area contributed by atoms with Crippen molar-refractivity contribution in [3.05, 3.63) is 35.9 Å². The van der Waals surface area contributed by atoms with Gasteiger partial charge in [0.2, 0.25) is 0 Å². The minimum absolute atomic E-state index is 0.0167. The number of ether oxygens (including phenoxy) is 2. The molecule has 0 spiro atoms. The predicted molar refractivity (Wildman–Crippen MR) is 92.7 cm³/mol. The van der Waals surface area contributed by atoms with E-state index in [0.717, 1.165) is 5.56 Å². The van der Waals surface area contributed by atoms with E-state index in [-0.39, 0.29) is 11.7 Å². The van der Waals surface area contributed by atoms with Crippen LogP contribution in [0.15, 0.2) is 30.3 Å². The van der Waals surface area contributed by atoms with Crippen LogP contribution in [0.2, 0.25) is 0 Å². The van der Waals surface area contributed by atoms with Crippen LogP contribution in [0, 0.1) is 5.92 Å². The Morgan fingerprint density at radius 1 is 1.17 bits per heavy atom. The Labute approximate surface area is 143 Å². The Bertz CT molecular complexity index is 653. The second kappa shape index (κ2) is 6.67. The molecule has 0 saturated carbocycles. The number of hydrogen-bond donors (Lipinski definition) is 0. The van der Waals surface area contributed by atoms with E-state index in [9.17, 15) is 9.59 Å². The molecular weight excluding hydrogens is 306 g/mol. The topological polar surface area (TPSA) is 55.8 Å². The normalized spacial score (nSPS) is 18.0. The van der Waals surface area contributed by atoms with Gasteiger partial charge in [-0.2, -0.15) is 0 Å². The monoisotopic (exact) mass is 331 g/mol. The van der Waals surface area contributed by atoms with Crippen molar-refractivity contribution in [2.75, 3.05) is 7.11 Å². The third-order valence-electron chi connectivity index (χ3n) is 3.72. The van der Waals surface area contributed by atoms with Gasteiger partial charge < -0.3 is 9.47 Å². The molecular formula is C19H25NO4. The Hall–Kier alpha value is -2.30. The lowest BCUT2D eigenvalue weighted by molar-refractivity contribution is -0.118. The molecule has 1 unspecified atom stereocenters.